The number of nitrogens with two attached hydrogens (primary N) is 1. The summed E-state index contributed by atoms with van der Waals surface area (Å²) in [6.45, 7) is 6.85. The number of benzene rings is 2. The number of phenols is 1. The van der Waals surface area contributed by atoms with Crippen molar-refractivity contribution in [2.24, 2.45) is 0 Å². The average molecular weight is 430 g/mol. The summed E-state index contributed by atoms with van der Waals surface area (Å²) in [7, 11) is 1.68. The standard InChI is InChI=1S/C24H30ClN3O2/c1-16(2)28-12-10-24(11-13-28)26-21(17-4-7-19(30-3)8-5-17)15-22(27-24)20-14-18(25)6-9-23(20)29/h4-9,14-16,22,26-27,29H,10-13H2,1-3H3/p+2. The molecule has 1 saturated heterocycles. The molecule has 1 spiro atoms. The molecule has 1 fully saturated rings. The lowest BCUT2D eigenvalue weighted by atomic mass is 9.89. The van der Waals surface area contributed by atoms with Gasteiger partial charge in [0.05, 0.1) is 44.6 Å². The van der Waals surface area contributed by atoms with Crippen LogP contribution in [0, 0.1) is 0 Å². The van der Waals surface area contributed by atoms with Crippen molar-refractivity contribution in [2.75, 3.05) is 20.2 Å². The summed E-state index contributed by atoms with van der Waals surface area (Å²) >= 11 is 6.28. The highest BCUT2D eigenvalue weighted by Gasteiger charge is 2.45. The summed E-state index contributed by atoms with van der Waals surface area (Å²) in [4.78, 5) is 1.65. The molecule has 1 atom stereocenters. The van der Waals surface area contributed by atoms with Crippen molar-refractivity contribution in [3.05, 3.63) is 64.7 Å². The van der Waals surface area contributed by atoms with Gasteiger partial charge in [-0.1, -0.05) is 11.6 Å². The quantitative estimate of drug-likeness (QED) is 0.602. The van der Waals surface area contributed by atoms with E-state index in [0.717, 1.165) is 48.5 Å². The molecule has 4 rings (SSSR count). The van der Waals surface area contributed by atoms with E-state index in [0.29, 0.717) is 11.1 Å². The van der Waals surface area contributed by atoms with Crippen LogP contribution in [0.4, 0.5) is 0 Å². The van der Waals surface area contributed by atoms with E-state index >= 15 is 0 Å². The molecule has 0 amide bonds. The van der Waals surface area contributed by atoms with Crippen molar-refractivity contribution in [1.82, 2.24) is 5.32 Å². The molecule has 2 aromatic rings. The van der Waals surface area contributed by atoms with Crippen LogP contribution < -0.4 is 20.3 Å². The molecule has 0 radical (unpaired) electrons. The van der Waals surface area contributed by atoms with E-state index in [1.54, 1.807) is 24.1 Å². The first-order valence-electron chi connectivity index (χ1n) is 10.7. The summed E-state index contributed by atoms with van der Waals surface area (Å²) in [6, 6.07) is 14.1. The fourth-order valence-corrected chi connectivity index (χ4v) is 4.90. The number of nitrogens with one attached hydrogen (secondary N) is 2. The molecule has 0 saturated carbocycles. The van der Waals surface area contributed by atoms with Gasteiger partial charge in [0.1, 0.15) is 17.5 Å². The number of quaternary nitrogens is 2. The van der Waals surface area contributed by atoms with Crippen LogP contribution in [0.15, 0.2) is 48.5 Å². The van der Waals surface area contributed by atoms with Crippen molar-refractivity contribution in [3.63, 3.8) is 0 Å². The van der Waals surface area contributed by atoms with Crippen LogP contribution in [0.25, 0.3) is 5.70 Å². The normalized spacial score (nSPS) is 26.4. The number of likely N-dealkylation sites (tertiary alicyclic amines) is 1. The van der Waals surface area contributed by atoms with Gasteiger partial charge in [0.2, 0.25) is 0 Å². The summed E-state index contributed by atoms with van der Waals surface area (Å²) in [6.07, 6.45) is 4.32. The Morgan fingerprint density at radius 2 is 1.87 bits per heavy atom. The molecule has 0 bridgehead atoms. The van der Waals surface area contributed by atoms with E-state index < -0.39 is 0 Å². The van der Waals surface area contributed by atoms with Gasteiger partial charge in [0, 0.05) is 16.8 Å². The maximum atomic E-state index is 10.6. The molecule has 5 N–H and O–H groups in total. The van der Waals surface area contributed by atoms with Gasteiger partial charge < -0.3 is 25.4 Å². The Morgan fingerprint density at radius 3 is 2.50 bits per heavy atom. The van der Waals surface area contributed by atoms with Crippen LogP contribution in [-0.4, -0.2) is 37.0 Å². The monoisotopic (exact) mass is 429 g/mol. The maximum Gasteiger partial charge on any atom is 0.180 e. The lowest BCUT2D eigenvalue weighted by Crippen LogP contribution is -3.19. The summed E-state index contributed by atoms with van der Waals surface area (Å²) in [5.74, 6) is 1.13. The number of piperidine rings is 1. The lowest BCUT2D eigenvalue weighted by Gasteiger charge is -2.44. The Labute approximate surface area is 183 Å². The number of methoxy groups -OCH3 is 1. The van der Waals surface area contributed by atoms with Gasteiger partial charge in [-0.2, -0.15) is 0 Å². The summed E-state index contributed by atoms with van der Waals surface area (Å²) in [5.41, 5.74) is 2.97. The van der Waals surface area contributed by atoms with Gasteiger partial charge in [0.25, 0.3) is 0 Å². The number of aromatic hydroxyl groups is 1. The van der Waals surface area contributed by atoms with Crippen molar-refractivity contribution in [1.29, 1.82) is 0 Å². The minimum absolute atomic E-state index is 0.0114. The highest BCUT2D eigenvalue weighted by Crippen LogP contribution is 2.32. The minimum atomic E-state index is -0.0954. The predicted octanol–water partition coefficient (Wildman–Crippen LogP) is 2.09. The van der Waals surface area contributed by atoms with Crippen molar-refractivity contribution in [2.45, 2.75) is 44.4 Å². The van der Waals surface area contributed by atoms with Crippen LogP contribution in [-0.2, 0) is 0 Å². The van der Waals surface area contributed by atoms with E-state index in [9.17, 15) is 5.11 Å². The van der Waals surface area contributed by atoms with E-state index in [4.69, 9.17) is 16.3 Å². The summed E-state index contributed by atoms with van der Waals surface area (Å²) < 4.78 is 5.32. The smallest absolute Gasteiger partial charge is 0.180 e. The number of hydrogen-bond donors (Lipinski definition) is 4. The average Bonchev–Trinajstić information content (AvgIpc) is 2.75. The van der Waals surface area contributed by atoms with Gasteiger partial charge in [-0.05, 0) is 61.9 Å². The van der Waals surface area contributed by atoms with Crippen molar-refractivity contribution < 1.29 is 20.1 Å². The molecular formula is C24H32ClN3O2+2. The second kappa shape index (κ2) is 8.50. The number of hydrogen-bond acceptors (Lipinski definition) is 3. The Hall–Kier alpha value is -2.21. The number of rotatable bonds is 4. The molecule has 2 aromatic carbocycles. The third-order valence-corrected chi connectivity index (χ3v) is 6.81. The molecule has 5 nitrogen and oxygen atoms in total. The molecule has 1 unspecified atom stereocenters. The van der Waals surface area contributed by atoms with Crippen molar-refractivity contribution >= 4 is 17.3 Å². The SMILES string of the molecule is COc1ccc(C2=CC(c3cc(Cl)ccc3O)[NH2+]C3(CC[NH+](C(C)C)CC3)N2)cc1. The van der Waals surface area contributed by atoms with E-state index in [-0.39, 0.29) is 17.5 Å². The molecular weight excluding hydrogens is 398 g/mol. The number of phenolic OH excluding ortho intramolecular Hbond substituents is 1. The lowest BCUT2D eigenvalue weighted by molar-refractivity contribution is -0.938. The van der Waals surface area contributed by atoms with E-state index in [1.807, 2.05) is 18.2 Å². The molecule has 2 heterocycles. The molecule has 0 aliphatic carbocycles. The van der Waals surface area contributed by atoms with E-state index in [1.165, 1.54) is 0 Å². The zero-order valence-corrected chi connectivity index (χ0v) is 18.7. The zero-order valence-electron chi connectivity index (χ0n) is 17.9. The van der Waals surface area contributed by atoms with Crippen LogP contribution in [0.1, 0.15) is 43.9 Å². The maximum absolute atomic E-state index is 10.6. The predicted molar refractivity (Wildman–Crippen MR) is 120 cm³/mol. The molecule has 2 aliphatic rings. The topological polar surface area (TPSA) is 62.5 Å². The van der Waals surface area contributed by atoms with Gasteiger partial charge >= 0.3 is 0 Å². The minimum Gasteiger partial charge on any atom is -0.507 e. The fraction of sp³-hybridized carbons (Fsp3) is 0.417. The molecule has 2 aliphatic heterocycles. The highest BCUT2D eigenvalue weighted by molar-refractivity contribution is 6.30. The second-order valence-corrected chi connectivity index (χ2v) is 9.23. The van der Waals surface area contributed by atoms with Gasteiger partial charge in [0.15, 0.2) is 5.66 Å². The Balaban J connectivity index is 1.70. The largest absolute Gasteiger partial charge is 0.507 e. The zero-order chi connectivity index (χ0) is 21.3. The van der Waals surface area contributed by atoms with Gasteiger partial charge in [-0.25, -0.2) is 0 Å². The molecule has 30 heavy (non-hydrogen) atoms. The van der Waals surface area contributed by atoms with Gasteiger partial charge in [-0.3, -0.25) is 0 Å². The Bertz CT molecular complexity index is 919. The first-order chi connectivity index (χ1) is 14.4. The van der Waals surface area contributed by atoms with Crippen LogP contribution in [0.2, 0.25) is 5.02 Å². The Kier molecular flexibility index (Phi) is 5.96. The van der Waals surface area contributed by atoms with Crippen molar-refractivity contribution in [3.8, 4) is 11.5 Å². The van der Waals surface area contributed by atoms with Crippen LogP contribution in [0.3, 0.4) is 0 Å². The first-order valence-corrected chi connectivity index (χ1v) is 11.1. The van der Waals surface area contributed by atoms with Crippen LogP contribution >= 0.6 is 11.6 Å². The number of ether oxygens (including phenoxy) is 1. The molecule has 160 valence electrons. The first kappa shape index (κ1) is 21.0. The van der Waals surface area contributed by atoms with Gasteiger partial charge in [-0.15, -0.1) is 0 Å². The number of halogens is 1. The second-order valence-electron chi connectivity index (χ2n) is 8.80. The Morgan fingerprint density at radius 1 is 1.17 bits per heavy atom. The third-order valence-electron chi connectivity index (χ3n) is 6.58. The molecule has 6 heteroatoms. The van der Waals surface area contributed by atoms with E-state index in [2.05, 4.69) is 42.7 Å². The highest BCUT2D eigenvalue weighted by atomic mass is 35.5. The molecule has 0 aromatic heterocycles. The fourth-order valence-electron chi connectivity index (χ4n) is 4.72. The summed E-state index contributed by atoms with van der Waals surface area (Å²) in [5, 5.41) is 17.4. The third kappa shape index (κ3) is 4.29. The van der Waals surface area contributed by atoms with Crippen LogP contribution in [0.5, 0.6) is 11.5 Å².